The Morgan fingerprint density at radius 3 is 2.31 bits per heavy atom. The highest BCUT2D eigenvalue weighted by molar-refractivity contribution is 7.92. The van der Waals surface area contributed by atoms with Crippen LogP contribution < -0.4 is 0 Å². The van der Waals surface area contributed by atoms with E-state index in [0.29, 0.717) is 29.2 Å². The van der Waals surface area contributed by atoms with Gasteiger partial charge in [-0.05, 0) is 49.3 Å². The lowest BCUT2D eigenvalue weighted by Gasteiger charge is -2.22. The number of allylic oxidation sites excluding steroid dienone is 1. The van der Waals surface area contributed by atoms with Crippen LogP contribution in [-0.2, 0) is 24.2 Å². The first-order chi connectivity index (χ1) is 12.4. The van der Waals surface area contributed by atoms with E-state index in [0.717, 1.165) is 25.7 Å². The molecule has 1 aliphatic heterocycles. The van der Waals surface area contributed by atoms with Gasteiger partial charge in [-0.2, -0.15) is 0 Å². The second-order valence-electron chi connectivity index (χ2n) is 6.78. The molecule has 26 heavy (non-hydrogen) atoms. The molecule has 1 saturated carbocycles. The number of amides is 1. The van der Waals surface area contributed by atoms with Gasteiger partial charge in [0.2, 0.25) is 0 Å². The molecule has 0 N–H and O–H groups in total. The van der Waals surface area contributed by atoms with Gasteiger partial charge in [0.15, 0.2) is 9.84 Å². The zero-order valence-corrected chi connectivity index (χ0v) is 16.0. The molecule has 0 bridgehead atoms. The zero-order valence-electron chi connectivity index (χ0n) is 15.2. The number of likely N-dealkylation sites (N-methyl/N-ethyl adjacent to an activating group) is 1. The van der Waals surface area contributed by atoms with E-state index in [4.69, 9.17) is 9.57 Å². The lowest BCUT2D eigenvalue weighted by molar-refractivity contribution is -0.161. The summed E-state index contributed by atoms with van der Waals surface area (Å²) < 4.78 is 30.1. The summed E-state index contributed by atoms with van der Waals surface area (Å²) in [5.41, 5.74) is 1.22. The topological polar surface area (TPSA) is 72.9 Å². The quantitative estimate of drug-likeness (QED) is 0.561. The summed E-state index contributed by atoms with van der Waals surface area (Å²) in [6, 6.07) is 6.62. The molecule has 6 nitrogen and oxygen atoms in total. The van der Waals surface area contributed by atoms with Crippen LogP contribution in [0.1, 0.15) is 31.2 Å². The Morgan fingerprint density at radius 2 is 1.77 bits per heavy atom. The van der Waals surface area contributed by atoms with Crippen molar-refractivity contribution in [3.8, 4) is 0 Å². The van der Waals surface area contributed by atoms with Gasteiger partial charge in [-0.25, -0.2) is 13.5 Å². The molecule has 0 radical (unpaired) electrons. The van der Waals surface area contributed by atoms with Crippen LogP contribution in [0.3, 0.4) is 0 Å². The van der Waals surface area contributed by atoms with Gasteiger partial charge in [-0.1, -0.05) is 18.2 Å². The van der Waals surface area contributed by atoms with Crippen molar-refractivity contribution in [3.63, 3.8) is 0 Å². The number of sulfone groups is 1. The summed E-state index contributed by atoms with van der Waals surface area (Å²) in [6.07, 6.45) is 5.15. The monoisotopic (exact) mass is 379 g/mol. The summed E-state index contributed by atoms with van der Waals surface area (Å²) in [5.74, 6) is -0.000351. The molecule has 2 fully saturated rings. The average molecular weight is 379 g/mol. The van der Waals surface area contributed by atoms with Gasteiger partial charge in [0.25, 0.3) is 5.91 Å². The second kappa shape index (κ2) is 7.90. The Balaban J connectivity index is 1.90. The van der Waals surface area contributed by atoms with E-state index in [1.54, 1.807) is 31.3 Å². The number of benzene rings is 1. The first-order valence-corrected chi connectivity index (χ1v) is 10.4. The summed E-state index contributed by atoms with van der Waals surface area (Å²) >= 11 is 0. The van der Waals surface area contributed by atoms with Crippen molar-refractivity contribution in [1.29, 1.82) is 0 Å². The van der Waals surface area contributed by atoms with Gasteiger partial charge >= 0.3 is 0 Å². The van der Waals surface area contributed by atoms with Crippen molar-refractivity contribution in [1.82, 2.24) is 5.06 Å². The van der Waals surface area contributed by atoms with Crippen LogP contribution >= 0.6 is 0 Å². The average Bonchev–Trinajstić information content (AvgIpc) is 3.52. The summed E-state index contributed by atoms with van der Waals surface area (Å²) in [7, 11) is -0.231. The number of hydroxylamine groups is 2. The lowest BCUT2D eigenvalue weighted by Crippen LogP contribution is -2.27. The fourth-order valence-electron chi connectivity index (χ4n) is 3.06. The van der Waals surface area contributed by atoms with E-state index >= 15 is 0 Å². The molecule has 7 heteroatoms. The molecule has 3 rings (SSSR count). The second-order valence-corrected chi connectivity index (χ2v) is 9.01. The van der Waals surface area contributed by atoms with Crippen molar-refractivity contribution in [3.05, 3.63) is 35.9 Å². The minimum absolute atomic E-state index is 0.244. The van der Waals surface area contributed by atoms with Crippen molar-refractivity contribution in [2.24, 2.45) is 5.92 Å². The highest BCUT2D eigenvalue weighted by Gasteiger charge is 2.36. The lowest BCUT2D eigenvalue weighted by atomic mass is 9.94. The number of hydrogen-bond acceptors (Lipinski definition) is 5. The molecule has 1 aliphatic carbocycles. The molecule has 0 unspecified atom stereocenters. The Hall–Kier alpha value is -1.70. The van der Waals surface area contributed by atoms with Gasteiger partial charge in [-0.15, -0.1) is 0 Å². The van der Waals surface area contributed by atoms with E-state index in [1.807, 2.05) is 6.08 Å². The first-order valence-electron chi connectivity index (χ1n) is 8.89. The van der Waals surface area contributed by atoms with Crippen LogP contribution in [0.2, 0.25) is 0 Å². The van der Waals surface area contributed by atoms with Crippen molar-refractivity contribution < 1.29 is 22.8 Å². The van der Waals surface area contributed by atoms with Gasteiger partial charge in [-0.3, -0.25) is 9.63 Å². The van der Waals surface area contributed by atoms with E-state index in [-0.39, 0.29) is 17.1 Å². The number of ether oxygens (including phenoxy) is 1. The van der Waals surface area contributed by atoms with Gasteiger partial charge in [0, 0.05) is 25.8 Å². The number of nitrogens with zero attached hydrogens (tertiary/aromatic N) is 1. The molecule has 0 spiro atoms. The zero-order chi connectivity index (χ0) is 18.7. The third-order valence-electron chi connectivity index (χ3n) is 4.92. The summed E-state index contributed by atoms with van der Waals surface area (Å²) in [6.45, 7) is 1.36. The summed E-state index contributed by atoms with van der Waals surface area (Å²) in [4.78, 5) is 18.1. The van der Waals surface area contributed by atoms with E-state index in [2.05, 4.69) is 0 Å². The molecule has 1 heterocycles. The molecule has 1 aromatic rings. The Labute approximate surface area is 154 Å². The van der Waals surface area contributed by atoms with Crippen LogP contribution in [-0.4, -0.2) is 52.0 Å². The van der Waals surface area contributed by atoms with E-state index < -0.39 is 9.84 Å². The number of rotatable bonds is 6. The molecule has 1 amide bonds. The first kappa shape index (κ1) is 19.1. The van der Waals surface area contributed by atoms with Crippen LogP contribution in [0.5, 0.6) is 0 Å². The maximum absolute atomic E-state index is 12.7. The summed E-state index contributed by atoms with van der Waals surface area (Å²) in [5, 5.41) is 0.937. The third-order valence-corrected chi connectivity index (χ3v) is 7.19. The number of hydrogen-bond donors (Lipinski definition) is 0. The van der Waals surface area contributed by atoms with Crippen LogP contribution in [0.4, 0.5) is 0 Å². The fraction of sp³-hybridized carbons (Fsp3) is 0.526. The predicted octanol–water partition coefficient (Wildman–Crippen LogP) is 2.45. The Morgan fingerprint density at radius 1 is 1.15 bits per heavy atom. The normalized spacial score (nSPS) is 19.4. The molecule has 0 aromatic heterocycles. The maximum atomic E-state index is 12.7. The van der Waals surface area contributed by atoms with Crippen LogP contribution in [0, 0.1) is 5.92 Å². The smallest absolute Gasteiger partial charge is 0.277 e. The predicted molar refractivity (Wildman–Crippen MR) is 97.9 cm³/mol. The minimum Gasteiger partial charge on any atom is -0.381 e. The van der Waals surface area contributed by atoms with Gasteiger partial charge in [0.05, 0.1) is 17.3 Å². The Bertz CT molecular complexity index is 775. The maximum Gasteiger partial charge on any atom is 0.277 e. The van der Waals surface area contributed by atoms with Crippen molar-refractivity contribution >= 4 is 21.3 Å². The minimum atomic E-state index is -3.23. The van der Waals surface area contributed by atoms with Crippen LogP contribution in [0.15, 0.2) is 35.2 Å². The molecule has 1 aromatic carbocycles. The molecular weight excluding hydrogens is 354 g/mol. The van der Waals surface area contributed by atoms with E-state index in [1.165, 1.54) is 12.2 Å². The van der Waals surface area contributed by atoms with Crippen molar-refractivity contribution in [2.45, 2.75) is 35.8 Å². The number of carbonyl (C=O) groups excluding carboxylic acids is 1. The highest BCUT2D eigenvalue weighted by atomic mass is 32.2. The standard InChI is InChI=1S/C19H25NO5S/c1-20(24-2)19(21)18(13-14-9-11-25-12-10-14)15-3-5-16(6-4-15)26(22,23)17-7-8-17/h3-6,13-14,17H,7-12H2,1-2H3. The molecule has 142 valence electrons. The Kier molecular flexibility index (Phi) is 5.79. The van der Waals surface area contributed by atoms with Crippen LogP contribution in [0.25, 0.3) is 5.57 Å². The molecule has 0 atom stereocenters. The largest absolute Gasteiger partial charge is 0.381 e. The fourth-order valence-corrected chi connectivity index (χ4v) is 4.71. The van der Waals surface area contributed by atoms with Crippen molar-refractivity contribution in [2.75, 3.05) is 27.4 Å². The SMILES string of the molecule is CON(C)C(=O)C(=CC1CCOCC1)c1ccc(S(=O)(=O)C2CC2)cc1. The third kappa shape index (κ3) is 4.16. The molecular formula is C19H25NO5S. The highest BCUT2D eigenvalue weighted by Crippen LogP contribution is 2.34. The van der Waals surface area contributed by atoms with E-state index in [9.17, 15) is 13.2 Å². The molecule has 2 aliphatic rings. The molecule has 1 saturated heterocycles. The van der Waals surface area contributed by atoms with Gasteiger partial charge in [0.1, 0.15) is 0 Å². The number of carbonyl (C=O) groups is 1. The van der Waals surface area contributed by atoms with Gasteiger partial charge < -0.3 is 4.74 Å².